The molecule has 1 aliphatic rings. The van der Waals surface area contributed by atoms with Crippen LogP contribution in [0.2, 0.25) is 0 Å². The number of hydrogen-bond donors (Lipinski definition) is 1. The summed E-state index contributed by atoms with van der Waals surface area (Å²) < 4.78 is 54.1. The van der Waals surface area contributed by atoms with Crippen molar-refractivity contribution >= 4 is 10.0 Å². The molecule has 27 heavy (non-hydrogen) atoms. The maximum absolute atomic E-state index is 13.7. The maximum Gasteiger partial charge on any atom is 0.246 e. The van der Waals surface area contributed by atoms with Gasteiger partial charge in [0, 0.05) is 13.1 Å². The van der Waals surface area contributed by atoms with Crippen LogP contribution in [0.25, 0.3) is 0 Å². The minimum atomic E-state index is -4.27. The SMILES string of the molecule is CC1CCN(Cc2ccc(CNS(=O)(=O)c3c(F)cccc3F)cc2)CC1. The Balaban J connectivity index is 1.60. The molecule has 0 saturated carbocycles. The molecule has 0 bridgehead atoms. The van der Waals surface area contributed by atoms with E-state index in [4.69, 9.17) is 0 Å². The number of benzene rings is 2. The van der Waals surface area contributed by atoms with Crippen molar-refractivity contribution in [3.63, 3.8) is 0 Å². The topological polar surface area (TPSA) is 49.4 Å². The van der Waals surface area contributed by atoms with E-state index in [0.717, 1.165) is 54.9 Å². The molecule has 146 valence electrons. The molecule has 0 unspecified atom stereocenters. The molecule has 4 nitrogen and oxygen atoms in total. The number of piperidine rings is 1. The lowest BCUT2D eigenvalue weighted by Gasteiger charge is -2.30. The van der Waals surface area contributed by atoms with E-state index in [0.29, 0.717) is 0 Å². The fourth-order valence-corrected chi connectivity index (χ4v) is 4.38. The molecule has 0 aliphatic carbocycles. The van der Waals surface area contributed by atoms with Crippen LogP contribution in [-0.4, -0.2) is 26.4 Å². The molecule has 1 saturated heterocycles. The highest BCUT2D eigenvalue weighted by molar-refractivity contribution is 7.89. The highest BCUT2D eigenvalue weighted by atomic mass is 32.2. The molecule has 1 fully saturated rings. The summed E-state index contributed by atoms with van der Waals surface area (Å²) in [6, 6.07) is 10.6. The minimum absolute atomic E-state index is 0.0301. The molecular weight excluding hydrogens is 370 g/mol. The predicted molar refractivity (Wildman–Crippen MR) is 101 cm³/mol. The Morgan fingerprint density at radius 1 is 1.00 bits per heavy atom. The van der Waals surface area contributed by atoms with E-state index in [-0.39, 0.29) is 6.54 Å². The van der Waals surface area contributed by atoms with Crippen molar-refractivity contribution in [1.82, 2.24) is 9.62 Å². The molecule has 1 N–H and O–H groups in total. The molecule has 0 amide bonds. The van der Waals surface area contributed by atoms with Gasteiger partial charge in [-0.3, -0.25) is 4.90 Å². The van der Waals surface area contributed by atoms with Gasteiger partial charge in [0.2, 0.25) is 10.0 Å². The first-order chi connectivity index (χ1) is 12.8. The number of halogens is 2. The quantitative estimate of drug-likeness (QED) is 0.813. The average molecular weight is 394 g/mol. The molecular formula is C20H24F2N2O2S. The van der Waals surface area contributed by atoms with Crippen molar-refractivity contribution in [1.29, 1.82) is 0 Å². The van der Waals surface area contributed by atoms with Gasteiger partial charge in [-0.2, -0.15) is 0 Å². The Bertz CT molecular complexity index is 857. The first-order valence-corrected chi connectivity index (χ1v) is 10.6. The second-order valence-electron chi connectivity index (χ2n) is 7.15. The van der Waals surface area contributed by atoms with Crippen LogP contribution in [0.5, 0.6) is 0 Å². The predicted octanol–water partition coefficient (Wildman–Crippen LogP) is 3.68. The van der Waals surface area contributed by atoms with Gasteiger partial charge < -0.3 is 0 Å². The zero-order valence-corrected chi connectivity index (χ0v) is 16.1. The highest BCUT2D eigenvalue weighted by Crippen LogP contribution is 2.20. The van der Waals surface area contributed by atoms with Gasteiger partial charge in [0.1, 0.15) is 11.6 Å². The van der Waals surface area contributed by atoms with Crippen LogP contribution in [0.15, 0.2) is 47.4 Å². The largest absolute Gasteiger partial charge is 0.299 e. The summed E-state index contributed by atoms with van der Waals surface area (Å²) in [6.45, 7) is 5.31. The number of likely N-dealkylation sites (tertiary alicyclic amines) is 1. The molecule has 0 radical (unpaired) electrons. The summed E-state index contributed by atoms with van der Waals surface area (Å²) in [5, 5.41) is 0. The Hall–Kier alpha value is -1.83. The third kappa shape index (κ3) is 5.12. The summed E-state index contributed by atoms with van der Waals surface area (Å²) in [6.07, 6.45) is 2.43. The molecule has 2 aromatic carbocycles. The molecule has 3 rings (SSSR count). The van der Waals surface area contributed by atoms with Crippen molar-refractivity contribution in [2.75, 3.05) is 13.1 Å². The van der Waals surface area contributed by atoms with Crippen LogP contribution in [0.4, 0.5) is 8.78 Å². The van der Waals surface area contributed by atoms with Crippen LogP contribution >= 0.6 is 0 Å². The Morgan fingerprint density at radius 3 is 2.15 bits per heavy atom. The van der Waals surface area contributed by atoms with Gasteiger partial charge in [-0.05, 0) is 55.1 Å². The molecule has 7 heteroatoms. The van der Waals surface area contributed by atoms with E-state index in [2.05, 4.69) is 16.5 Å². The Labute approximate surface area is 159 Å². The number of hydrogen-bond acceptors (Lipinski definition) is 3. The summed E-state index contributed by atoms with van der Waals surface area (Å²) >= 11 is 0. The maximum atomic E-state index is 13.7. The summed E-state index contributed by atoms with van der Waals surface area (Å²) in [5.41, 5.74) is 1.89. The van der Waals surface area contributed by atoms with Gasteiger partial charge in [0.15, 0.2) is 4.90 Å². The van der Waals surface area contributed by atoms with E-state index >= 15 is 0 Å². The standard InChI is InChI=1S/C20H24F2N2O2S/c1-15-9-11-24(12-10-15)14-17-7-5-16(6-8-17)13-23-27(25,26)20-18(21)3-2-4-19(20)22/h2-8,15,23H,9-14H2,1H3. The summed E-state index contributed by atoms with van der Waals surface area (Å²) in [5.74, 6) is -1.42. The average Bonchev–Trinajstić information content (AvgIpc) is 2.63. The fraction of sp³-hybridized carbons (Fsp3) is 0.400. The molecule has 0 spiro atoms. The van der Waals surface area contributed by atoms with Gasteiger partial charge >= 0.3 is 0 Å². The molecule has 1 heterocycles. The Kier molecular flexibility index (Phi) is 6.24. The van der Waals surface area contributed by atoms with Crippen molar-refractivity contribution in [3.8, 4) is 0 Å². The summed E-state index contributed by atoms with van der Waals surface area (Å²) in [4.78, 5) is 1.47. The van der Waals surface area contributed by atoms with Gasteiger partial charge in [-0.1, -0.05) is 37.3 Å². The fourth-order valence-electron chi connectivity index (χ4n) is 3.23. The van der Waals surface area contributed by atoms with Crippen LogP contribution < -0.4 is 4.72 Å². The van der Waals surface area contributed by atoms with Crippen molar-refractivity contribution in [2.24, 2.45) is 5.92 Å². The molecule has 1 aliphatic heterocycles. The van der Waals surface area contributed by atoms with E-state index in [9.17, 15) is 17.2 Å². The minimum Gasteiger partial charge on any atom is -0.299 e. The van der Waals surface area contributed by atoms with Crippen molar-refractivity contribution < 1.29 is 17.2 Å². The highest BCUT2D eigenvalue weighted by Gasteiger charge is 2.23. The van der Waals surface area contributed by atoms with Crippen molar-refractivity contribution in [2.45, 2.75) is 37.8 Å². The normalized spacial score (nSPS) is 16.6. The van der Waals surface area contributed by atoms with E-state index in [1.807, 2.05) is 24.3 Å². The molecule has 0 atom stereocenters. The van der Waals surface area contributed by atoms with Crippen LogP contribution in [0.1, 0.15) is 30.9 Å². The zero-order valence-electron chi connectivity index (χ0n) is 15.3. The van der Waals surface area contributed by atoms with E-state index in [1.54, 1.807) is 0 Å². The van der Waals surface area contributed by atoms with E-state index < -0.39 is 26.6 Å². The van der Waals surface area contributed by atoms with Gasteiger partial charge in [-0.15, -0.1) is 0 Å². The van der Waals surface area contributed by atoms with Crippen molar-refractivity contribution in [3.05, 3.63) is 65.2 Å². The monoisotopic (exact) mass is 394 g/mol. The third-order valence-electron chi connectivity index (χ3n) is 4.96. The van der Waals surface area contributed by atoms with Crippen LogP contribution in [0.3, 0.4) is 0 Å². The van der Waals surface area contributed by atoms with Gasteiger partial charge in [0.25, 0.3) is 0 Å². The lowest BCUT2D eigenvalue weighted by Crippen LogP contribution is -2.32. The number of sulfonamides is 1. The number of nitrogens with one attached hydrogen (secondary N) is 1. The lowest BCUT2D eigenvalue weighted by atomic mass is 9.99. The smallest absolute Gasteiger partial charge is 0.246 e. The van der Waals surface area contributed by atoms with Crippen LogP contribution in [-0.2, 0) is 23.1 Å². The van der Waals surface area contributed by atoms with Crippen LogP contribution in [0, 0.1) is 17.6 Å². The lowest BCUT2D eigenvalue weighted by molar-refractivity contribution is 0.185. The second kappa shape index (κ2) is 8.46. The number of rotatable bonds is 6. The zero-order chi connectivity index (χ0) is 19.4. The Morgan fingerprint density at radius 2 is 1.56 bits per heavy atom. The number of nitrogens with zero attached hydrogens (tertiary/aromatic N) is 1. The molecule has 0 aromatic heterocycles. The molecule has 2 aromatic rings. The first-order valence-electron chi connectivity index (χ1n) is 9.09. The van der Waals surface area contributed by atoms with E-state index in [1.165, 1.54) is 12.8 Å². The second-order valence-corrected chi connectivity index (χ2v) is 8.85. The third-order valence-corrected chi connectivity index (χ3v) is 6.41. The van der Waals surface area contributed by atoms with Gasteiger partial charge in [-0.25, -0.2) is 21.9 Å². The first kappa shape index (κ1) is 19.9. The van der Waals surface area contributed by atoms with Gasteiger partial charge in [0.05, 0.1) is 0 Å². The summed E-state index contributed by atoms with van der Waals surface area (Å²) in [7, 11) is -4.27.